The summed E-state index contributed by atoms with van der Waals surface area (Å²) >= 11 is 0. The van der Waals surface area contributed by atoms with Gasteiger partial charge >= 0.3 is 0 Å². The van der Waals surface area contributed by atoms with Crippen molar-refractivity contribution in [3.8, 4) is 0 Å². The highest BCUT2D eigenvalue weighted by Crippen LogP contribution is 2.11. The fourth-order valence-electron chi connectivity index (χ4n) is 0.910. The lowest BCUT2D eigenvalue weighted by atomic mass is 10.4. The minimum absolute atomic E-state index is 0.222. The number of halogens is 1. The Morgan fingerprint density at radius 3 is 2.80 bits per heavy atom. The molecule has 0 N–H and O–H groups in total. The summed E-state index contributed by atoms with van der Waals surface area (Å²) < 4.78 is 12.5. The maximum Gasteiger partial charge on any atom is 0.146 e. The molecule has 0 fully saturated rings. The van der Waals surface area contributed by atoms with Crippen LogP contribution in [0.5, 0.6) is 0 Å². The molecular weight excluding hydrogens is 133 g/mol. The molecule has 4 heteroatoms. The van der Waals surface area contributed by atoms with E-state index in [0.717, 1.165) is 13.0 Å². The van der Waals surface area contributed by atoms with Gasteiger partial charge in [0.1, 0.15) is 12.5 Å². The Kier molecular flexibility index (Phi) is 2.09. The van der Waals surface area contributed by atoms with Gasteiger partial charge in [-0.05, 0) is 13.3 Å². The number of rotatable bonds is 2. The molecular formula is C6H12FN3. The van der Waals surface area contributed by atoms with Crippen LogP contribution in [0.2, 0.25) is 0 Å². The van der Waals surface area contributed by atoms with Crippen LogP contribution in [0.25, 0.3) is 0 Å². The molecule has 1 aliphatic heterocycles. The van der Waals surface area contributed by atoms with Gasteiger partial charge in [0, 0.05) is 6.54 Å². The van der Waals surface area contributed by atoms with Crippen molar-refractivity contribution in [2.45, 2.75) is 26.4 Å². The average molecular weight is 145 g/mol. The molecule has 1 rings (SSSR count). The third-order valence-corrected chi connectivity index (χ3v) is 1.55. The van der Waals surface area contributed by atoms with Gasteiger partial charge in [0.25, 0.3) is 0 Å². The smallest absolute Gasteiger partial charge is 0.146 e. The summed E-state index contributed by atoms with van der Waals surface area (Å²) in [6, 6.07) is 0. The van der Waals surface area contributed by atoms with Crippen molar-refractivity contribution in [3.05, 3.63) is 0 Å². The summed E-state index contributed by atoms with van der Waals surface area (Å²) in [7, 11) is 0. The Balaban J connectivity index is 2.41. The molecule has 1 unspecified atom stereocenters. The highest BCUT2D eigenvalue weighted by molar-refractivity contribution is 5.54. The van der Waals surface area contributed by atoms with Gasteiger partial charge in [0.15, 0.2) is 0 Å². The molecule has 1 heterocycles. The molecule has 0 aliphatic carbocycles. The van der Waals surface area contributed by atoms with Crippen LogP contribution >= 0.6 is 0 Å². The van der Waals surface area contributed by atoms with Crippen LogP contribution in [-0.4, -0.2) is 29.2 Å². The van der Waals surface area contributed by atoms with Gasteiger partial charge in [0.05, 0.1) is 0 Å². The zero-order valence-corrected chi connectivity index (χ0v) is 6.29. The van der Waals surface area contributed by atoms with Crippen molar-refractivity contribution in [1.29, 1.82) is 0 Å². The lowest BCUT2D eigenvalue weighted by molar-refractivity contribution is 0.0164. The zero-order chi connectivity index (χ0) is 7.56. The molecule has 0 amide bonds. The molecule has 0 radical (unpaired) electrons. The van der Waals surface area contributed by atoms with Gasteiger partial charge in [-0.2, -0.15) is 10.2 Å². The van der Waals surface area contributed by atoms with Gasteiger partial charge in [-0.3, -0.25) is 5.01 Å². The molecule has 0 saturated carbocycles. The van der Waals surface area contributed by atoms with Crippen LogP contribution in [0.4, 0.5) is 4.48 Å². The first-order valence-electron chi connectivity index (χ1n) is 3.50. The topological polar surface area (TPSA) is 18.8 Å². The number of hydrazone groups is 1. The number of hydrogen-bond acceptors (Lipinski definition) is 3. The summed E-state index contributed by atoms with van der Waals surface area (Å²) in [5.41, 5.74) is 0. The maximum atomic E-state index is 12.5. The van der Waals surface area contributed by atoms with Gasteiger partial charge in [-0.1, -0.05) is 11.4 Å². The fourth-order valence-corrected chi connectivity index (χ4v) is 0.910. The first-order chi connectivity index (χ1) is 4.75. The third kappa shape index (κ3) is 1.20. The van der Waals surface area contributed by atoms with E-state index in [9.17, 15) is 4.48 Å². The Morgan fingerprint density at radius 1 is 1.70 bits per heavy atom. The van der Waals surface area contributed by atoms with E-state index in [1.54, 1.807) is 11.9 Å². The van der Waals surface area contributed by atoms with E-state index in [0.29, 0.717) is 5.12 Å². The van der Waals surface area contributed by atoms with Gasteiger partial charge in [-0.15, -0.1) is 0 Å². The lowest BCUT2D eigenvalue weighted by Crippen LogP contribution is -2.32. The van der Waals surface area contributed by atoms with E-state index in [4.69, 9.17) is 0 Å². The molecule has 10 heavy (non-hydrogen) atoms. The van der Waals surface area contributed by atoms with Crippen LogP contribution in [-0.2, 0) is 0 Å². The minimum Gasteiger partial charge on any atom is -0.271 e. The normalized spacial score (nSPS) is 24.5. The van der Waals surface area contributed by atoms with Crippen molar-refractivity contribution in [3.63, 3.8) is 0 Å². The molecule has 0 spiro atoms. The zero-order valence-electron chi connectivity index (χ0n) is 6.29. The Bertz CT molecular complexity index is 137. The molecule has 0 bridgehead atoms. The van der Waals surface area contributed by atoms with E-state index in [1.807, 2.05) is 6.92 Å². The van der Waals surface area contributed by atoms with Gasteiger partial charge in [-0.25, -0.2) is 0 Å². The molecule has 1 aliphatic rings. The first kappa shape index (κ1) is 7.31. The summed E-state index contributed by atoms with van der Waals surface area (Å²) in [5.74, 6) is 0. The quantitative estimate of drug-likeness (QED) is 0.543. The average Bonchev–Trinajstić information content (AvgIpc) is 2.20. The lowest BCUT2D eigenvalue weighted by Gasteiger charge is -2.20. The predicted octanol–water partition coefficient (Wildman–Crippen LogP) is 1.19. The molecule has 0 saturated heterocycles. The van der Waals surface area contributed by atoms with E-state index >= 15 is 0 Å². The summed E-state index contributed by atoms with van der Waals surface area (Å²) in [6.45, 7) is 4.64. The van der Waals surface area contributed by atoms with Gasteiger partial charge < -0.3 is 0 Å². The predicted molar refractivity (Wildman–Crippen MR) is 37.9 cm³/mol. The SMILES string of the molecule is CCCN1N=CN(F)C1C. The monoisotopic (exact) mass is 145 g/mol. The highest BCUT2D eigenvalue weighted by atomic mass is 19.2. The van der Waals surface area contributed by atoms with Crippen LogP contribution < -0.4 is 0 Å². The molecule has 3 nitrogen and oxygen atoms in total. The molecule has 0 aromatic heterocycles. The Hall–Kier alpha value is -0.800. The van der Waals surface area contributed by atoms with Gasteiger partial charge in [0.2, 0.25) is 0 Å². The standard InChI is InChI=1S/C6H12FN3/c1-3-4-10-6(2)9(7)5-8-10/h5-6H,3-4H2,1-2H3. The first-order valence-corrected chi connectivity index (χ1v) is 3.50. The molecule has 58 valence electrons. The molecule has 0 aromatic carbocycles. The van der Waals surface area contributed by atoms with Crippen LogP contribution in [0.1, 0.15) is 20.3 Å². The van der Waals surface area contributed by atoms with Crippen molar-refractivity contribution >= 4 is 6.34 Å². The second-order valence-electron chi connectivity index (χ2n) is 2.37. The molecule has 0 aromatic rings. The maximum absolute atomic E-state index is 12.5. The fraction of sp³-hybridized carbons (Fsp3) is 0.833. The van der Waals surface area contributed by atoms with Crippen LogP contribution in [0.3, 0.4) is 0 Å². The second-order valence-corrected chi connectivity index (χ2v) is 2.37. The van der Waals surface area contributed by atoms with Crippen LogP contribution in [0.15, 0.2) is 5.10 Å². The van der Waals surface area contributed by atoms with E-state index < -0.39 is 0 Å². The Morgan fingerprint density at radius 2 is 2.40 bits per heavy atom. The largest absolute Gasteiger partial charge is 0.271 e. The van der Waals surface area contributed by atoms with Crippen molar-refractivity contribution in [2.24, 2.45) is 5.10 Å². The Labute approximate surface area is 60.0 Å². The minimum atomic E-state index is -0.222. The summed E-state index contributed by atoms with van der Waals surface area (Å²) in [5, 5.41) is 6.18. The van der Waals surface area contributed by atoms with Crippen molar-refractivity contribution in [1.82, 2.24) is 10.1 Å². The van der Waals surface area contributed by atoms with Crippen molar-refractivity contribution < 1.29 is 4.48 Å². The second kappa shape index (κ2) is 2.86. The van der Waals surface area contributed by atoms with E-state index in [1.165, 1.54) is 6.34 Å². The molecule has 1 atom stereocenters. The van der Waals surface area contributed by atoms with E-state index in [2.05, 4.69) is 5.10 Å². The highest BCUT2D eigenvalue weighted by Gasteiger charge is 2.21. The van der Waals surface area contributed by atoms with Crippen LogP contribution in [0, 0.1) is 0 Å². The summed E-state index contributed by atoms with van der Waals surface area (Å²) in [6.07, 6.45) is 1.98. The number of nitrogens with zero attached hydrogens (tertiary/aromatic N) is 3. The van der Waals surface area contributed by atoms with E-state index in [-0.39, 0.29) is 6.17 Å². The number of hydrogen-bond donors (Lipinski definition) is 0. The third-order valence-electron chi connectivity index (χ3n) is 1.55. The summed E-state index contributed by atoms with van der Waals surface area (Å²) in [4.78, 5) is 0. The van der Waals surface area contributed by atoms with Crippen molar-refractivity contribution in [2.75, 3.05) is 6.54 Å².